The van der Waals surface area contributed by atoms with E-state index in [-0.39, 0.29) is 0 Å². The molecule has 0 unspecified atom stereocenters. The first-order chi connectivity index (χ1) is 7.72. The number of aryl methyl sites for hydroxylation is 1. The number of hydrogen-bond donors (Lipinski definition) is 1. The smallest absolute Gasteiger partial charge is 0.171 e. The van der Waals surface area contributed by atoms with Crippen LogP contribution in [0.25, 0.3) is 5.65 Å². The number of fused-ring (bicyclic) bond motifs is 1. The van der Waals surface area contributed by atoms with Crippen LogP contribution in [0, 0.1) is 6.92 Å². The number of nitrogens with one attached hydrogen (secondary N) is 1. The van der Waals surface area contributed by atoms with Crippen LogP contribution in [0.5, 0.6) is 0 Å². The van der Waals surface area contributed by atoms with Crippen LogP contribution in [0.2, 0.25) is 0 Å². The summed E-state index contributed by atoms with van der Waals surface area (Å²) in [6.45, 7) is 5.14. The van der Waals surface area contributed by atoms with Crippen molar-refractivity contribution in [3.8, 4) is 0 Å². The van der Waals surface area contributed by atoms with Crippen molar-refractivity contribution in [3.05, 3.63) is 22.4 Å². The molecule has 0 aliphatic carbocycles. The van der Waals surface area contributed by atoms with E-state index >= 15 is 0 Å². The van der Waals surface area contributed by atoms with Crippen molar-refractivity contribution in [2.75, 3.05) is 11.9 Å². The molecule has 4 nitrogen and oxygen atoms in total. The van der Waals surface area contributed by atoms with Crippen molar-refractivity contribution in [2.45, 2.75) is 26.7 Å². The van der Waals surface area contributed by atoms with Gasteiger partial charge in [-0.05, 0) is 29.3 Å². The highest BCUT2D eigenvalue weighted by Crippen LogP contribution is 2.19. The van der Waals surface area contributed by atoms with Gasteiger partial charge in [0.25, 0.3) is 0 Å². The fraction of sp³-hybridized carbons (Fsp3) is 0.455. The second kappa shape index (κ2) is 4.82. The molecular weight excluding hydrogens is 268 g/mol. The van der Waals surface area contributed by atoms with Crippen LogP contribution in [-0.2, 0) is 0 Å². The highest BCUT2D eigenvalue weighted by molar-refractivity contribution is 9.10. The number of halogens is 1. The third-order valence-electron chi connectivity index (χ3n) is 2.39. The van der Waals surface area contributed by atoms with Crippen molar-refractivity contribution in [1.82, 2.24) is 14.6 Å². The zero-order valence-electron chi connectivity index (χ0n) is 9.50. The molecule has 2 aromatic rings. The van der Waals surface area contributed by atoms with E-state index < -0.39 is 0 Å². The average molecular weight is 283 g/mol. The maximum atomic E-state index is 4.44. The molecule has 2 heterocycles. The Bertz CT molecular complexity index is 492. The third kappa shape index (κ3) is 2.19. The lowest BCUT2D eigenvalue weighted by Crippen LogP contribution is -2.07. The van der Waals surface area contributed by atoms with E-state index in [9.17, 15) is 0 Å². The van der Waals surface area contributed by atoms with E-state index in [1.807, 2.05) is 17.5 Å². The Kier molecular flexibility index (Phi) is 3.43. The van der Waals surface area contributed by atoms with Crippen molar-refractivity contribution in [3.63, 3.8) is 0 Å². The molecule has 0 aliphatic heterocycles. The molecule has 2 rings (SSSR count). The minimum atomic E-state index is 0.860. The SMILES string of the molecule is CCCCNc1cc(C)nc2c(Br)cnn12. The third-order valence-corrected chi connectivity index (χ3v) is 2.95. The maximum Gasteiger partial charge on any atom is 0.171 e. The van der Waals surface area contributed by atoms with Crippen molar-refractivity contribution < 1.29 is 0 Å². The number of hydrogen-bond acceptors (Lipinski definition) is 3. The van der Waals surface area contributed by atoms with Gasteiger partial charge in [-0.25, -0.2) is 4.98 Å². The molecule has 1 N–H and O–H groups in total. The Hall–Kier alpha value is -1.10. The van der Waals surface area contributed by atoms with Crippen LogP contribution < -0.4 is 5.32 Å². The monoisotopic (exact) mass is 282 g/mol. The fourth-order valence-electron chi connectivity index (χ4n) is 1.58. The van der Waals surface area contributed by atoms with E-state index in [2.05, 4.69) is 38.3 Å². The van der Waals surface area contributed by atoms with Crippen LogP contribution in [-0.4, -0.2) is 21.1 Å². The van der Waals surface area contributed by atoms with Gasteiger partial charge in [0.15, 0.2) is 5.65 Å². The molecule has 0 atom stereocenters. The number of rotatable bonds is 4. The lowest BCUT2D eigenvalue weighted by molar-refractivity contribution is 0.819. The van der Waals surface area contributed by atoms with Gasteiger partial charge in [-0.3, -0.25) is 0 Å². The summed E-state index contributed by atoms with van der Waals surface area (Å²) in [4.78, 5) is 4.44. The molecule has 0 saturated heterocycles. The first-order valence-corrected chi connectivity index (χ1v) is 6.26. The first kappa shape index (κ1) is 11.4. The second-order valence-electron chi connectivity index (χ2n) is 3.79. The highest BCUT2D eigenvalue weighted by atomic mass is 79.9. The number of aromatic nitrogens is 3. The molecule has 0 spiro atoms. The van der Waals surface area contributed by atoms with Gasteiger partial charge < -0.3 is 5.32 Å². The number of nitrogens with zero attached hydrogens (tertiary/aromatic N) is 3. The van der Waals surface area contributed by atoms with Crippen molar-refractivity contribution in [2.24, 2.45) is 0 Å². The van der Waals surface area contributed by atoms with Crippen LogP contribution in [0.15, 0.2) is 16.7 Å². The summed E-state index contributed by atoms with van der Waals surface area (Å²) in [5, 5.41) is 7.67. The Morgan fingerprint density at radius 1 is 1.50 bits per heavy atom. The zero-order valence-corrected chi connectivity index (χ0v) is 11.1. The molecule has 0 fully saturated rings. The molecule has 2 aromatic heterocycles. The Morgan fingerprint density at radius 2 is 2.31 bits per heavy atom. The summed E-state index contributed by atoms with van der Waals surface area (Å²) < 4.78 is 2.75. The van der Waals surface area contributed by atoms with E-state index in [4.69, 9.17) is 0 Å². The first-order valence-electron chi connectivity index (χ1n) is 5.47. The minimum absolute atomic E-state index is 0.860. The van der Waals surface area contributed by atoms with Gasteiger partial charge in [0.1, 0.15) is 5.82 Å². The van der Waals surface area contributed by atoms with E-state index in [0.29, 0.717) is 0 Å². The summed E-state index contributed by atoms with van der Waals surface area (Å²) in [5.41, 5.74) is 1.85. The zero-order chi connectivity index (χ0) is 11.5. The standard InChI is InChI=1S/C11H15BrN4/c1-3-4-5-13-10-6-8(2)15-11-9(12)7-14-16(10)11/h6-7,13H,3-5H2,1-2H3. The van der Waals surface area contributed by atoms with Gasteiger partial charge in [-0.1, -0.05) is 13.3 Å². The number of anilines is 1. The Morgan fingerprint density at radius 3 is 3.06 bits per heavy atom. The molecule has 0 saturated carbocycles. The van der Waals surface area contributed by atoms with Crippen LogP contribution >= 0.6 is 15.9 Å². The second-order valence-corrected chi connectivity index (χ2v) is 4.65. The highest BCUT2D eigenvalue weighted by Gasteiger charge is 2.07. The minimum Gasteiger partial charge on any atom is -0.370 e. The van der Waals surface area contributed by atoms with Crippen molar-refractivity contribution in [1.29, 1.82) is 0 Å². The van der Waals surface area contributed by atoms with Crippen molar-refractivity contribution >= 4 is 27.4 Å². The molecule has 0 aromatic carbocycles. The molecule has 5 heteroatoms. The molecule has 86 valence electrons. The van der Waals surface area contributed by atoms with Gasteiger partial charge in [0, 0.05) is 18.3 Å². The molecule has 0 bridgehead atoms. The summed E-state index contributed by atoms with van der Waals surface area (Å²) in [6.07, 6.45) is 4.11. The van der Waals surface area contributed by atoms with Gasteiger partial charge >= 0.3 is 0 Å². The van der Waals surface area contributed by atoms with Crippen LogP contribution in [0.4, 0.5) is 5.82 Å². The summed E-state index contributed by atoms with van der Waals surface area (Å²) in [6, 6.07) is 2.02. The predicted octanol–water partition coefficient (Wildman–Crippen LogP) is 3.01. The normalized spacial score (nSPS) is 10.9. The van der Waals surface area contributed by atoms with E-state index in [0.717, 1.165) is 34.6 Å². The van der Waals surface area contributed by atoms with Gasteiger partial charge in [0.05, 0.1) is 10.7 Å². The maximum absolute atomic E-state index is 4.44. The summed E-state index contributed by atoms with van der Waals surface area (Å²) >= 11 is 3.44. The quantitative estimate of drug-likeness (QED) is 0.877. The summed E-state index contributed by atoms with van der Waals surface area (Å²) in [5.74, 6) is 1.00. The Labute approximate surface area is 103 Å². The van der Waals surface area contributed by atoms with Gasteiger partial charge in [0.2, 0.25) is 0 Å². The number of unbranched alkanes of at least 4 members (excludes halogenated alkanes) is 1. The van der Waals surface area contributed by atoms with Gasteiger partial charge in [-0.15, -0.1) is 0 Å². The lowest BCUT2D eigenvalue weighted by atomic mass is 10.3. The fourth-order valence-corrected chi connectivity index (χ4v) is 1.92. The molecule has 0 amide bonds. The van der Waals surface area contributed by atoms with E-state index in [1.165, 1.54) is 6.42 Å². The molecule has 0 radical (unpaired) electrons. The largest absolute Gasteiger partial charge is 0.370 e. The topological polar surface area (TPSA) is 42.2 Å². The van der Waals surface area contributed by atoms with Gasteiger partial charge in [-0.2, -0.15) is 9.61 Å². The van der Waals surface area contributed by atoms with Crippen LogP contribution in [0.1, 0.15) is 25.5 Å². The Balaban J connectivity index is 2.35. The molecule has 16 heavy (non-hydrogen) atoms. The summed E-state index contributed by atoms with van der Waals surface area (Å²) in [7, 11) is 0. The average Bonchev–Trinajstić information content (AvgIpc) is 2.61. The predicted molar refractivity (Wildman–Crippen MR) is 68.8 cm³/mol. The lowest BCUT2D eigenvalue weighted by Gasteiger charge is -2.08. The molecular formula is C11H15BrN4. The van der Waals surface area contributed by atoms with E-state index in [1.54, 1.807) is 6.20 Å². The molecule has 0 aliphatic rings. The van der Waals surface area contributed by atoms with Crippen LogP contribution in [0.3, 0.4) is 0 Å².